The minimum atomic E-state index is -0.579. The highest BCUT2D eigenvalue weighted by Crippen LogP contribution is 2.31. The Balaban J connectivity index is 1.75. The van der Waals surface area contributed by atoms with Crippen LogP contribution in [0.1, 0.15) is 24.0 Å². The van der Waals surface area contributed by atoms with Crippen molar-refractivity contribution in [2.24, 2.45) is 5.92 Å². The van der Waals surface area contributed by atoms with Crippen LogP contribution in [0.25, 0.3) is 10.8 Å². The van der Waals surface area contributed by atoms with Crippen LogP contribution in [0, 0.1) is 23.7 Å². The molecule has 0 radical (unpaired) electrons. The summed E-state index contributed by atoms with van der Waals surface area (Å²) in [6.07, 6.45) is 6.52. The smallest absolute Gasteiger partial charge is 0.228 e. The van der Waals surface area contributed by atoms with E-state index in [-0.39, 0.29) is 11.8 Å². The van der Waals surface area contributed by atoms with Crippen LogP contribution < -0.4 is 10.6 Å². The third-order valence-electron chi connectivity index (χ3n) is 4.28. The van der Waals surface area contributed by atoms with Gasteiger partial charge in [0.05, 0.1) is 5.56 Å². The molecule has 0 saturated heterocycles. The molecule has 27 heavy (non-hydrogen) atoms. The average molecular weight is 361 g/mol. The number of pyridine rings is 3. The summed E-state index contributed by atoms with van der Waals surface area (Å²) in [6.45, 7) is 0. The zero-order chi connectivity index (χ0) is 18.8. The fourth-order valence-electron chi connectivity index (χ4n) is 2.70. The van der Waals surface area contributed by atoms with Gasteiger partial charge in [0.15, 0.2) is 0 Å². The molecule has 6 nitrogen and oxygen atoms in total. The number of hydrogen-bond donors (Lipinski definition) is 2. The van der Waals surface area contributed by atoms with Crippen LogP contribution >= 0.6 is 0 Å². The summed E-state index contributed by atoms with van der Waals surface area (Å²) in [7, 11) is 1.77. The van der Waals surface area contributed by atoms with Gasteiger partial charge < -0.3 is 10.6 Å². The minimum absolute atomic E-state index is 0.00959. The Hall–Kier alpha value is -3.53. The first-order valence-corrected chi connectivity index (χ1v) is 8.55. The highest BCUT2D eigenvalue weighted by Gasteiger charge is 2.29. The van der Waals surface area contributed by atoms with Gasteiger partial charge in [-0.1, -0.05) is 11.8 Å². The Morgan fingerprint density at radius 2 is 2.00 bits per heavy atom. The molecular weight excluding hydrogens is 345 g/mol. The van der Waals surface area contributed by atoms with E-state index in [1.54, 1.807) is 31.6 Å². The first kappa shape index (κ1) is 16.9. The van der Waals surface area contributed by atoms with Crippen molar-refractivity contribution >= 4 is 28.3 Å². The Morgan fingerprint density at radius 1 is 1.15 bits per heavy atom. The predicted octanol–water partition coefficient (Wildman–Crippen LogP) is 2.95. The largest absolute Gasteiger partial charge is 0.373 e. The molecule has 1 amide bonds. The standard InChI is InChI=1S/C20H16FN5O/c1-22-19-16-11-24-18(26-20(27)13-4-5-13)9-15(16)14(10-25-19)3-2-12-6-7-23-17(21)8-12/h6-11,13H,4-5H2,1H3,(H,22,25)(H,24,26,27). The normalized spacial score (nSPS) is 13.0. The number of amides is 1. The van der Waals surface area contributed by atoms with Crippen molar-refractivity contribution in [3.05, 3.63) is 53.9 Å². The van der Waals surface area contributed by atoms with Gasteiger partial charge in [0.1, 0.15) is 11.6 Å². The van der Waals surface area contributed by atoms with Crippen molar-refractivity contribution in [3.63, 3.8) is 0 Å². The monoisotopic (exact) mass is 361 g/mol. The van der Waals surface area contributed by atoms with Crippen molar-refractivity contribution in [1.29, 1.82) is 0 Å². The summed E-state index contributed by atoms with van der Waals surface area (Å²) in [5, 5.41) is 7.46. The fourth-order valence-corrected chi connectivity index (χ4v) is 2.70. The summed E-state index contributed by atoms with van der Waals surface area (Å²) in [6, 6.07) is 4.69. The van der Waals surface area contributed by atoms with Gasteiger partial charge in [-0.2, -0.15) is 4.39 Å². The summed E-state index contributed by atoms with van der Waals surface area (Å²) < 4.78 is 13.2. The number of nitrogens with zero attached hydrogens (tertiary/aromatic N) is 3. The molecule has 0 aromatic carbocycles. The van der Waals surface area contributed by atoms with E-state index in [0.29, 0.717) is 22.8 Å². The molecule has 0 aliphatic heterocycles. The lowest BCUT2D eigenvalue weighted by Crippen LogP contribution is -2.14. The zero-order valence-corrected chi connectivity index (χ0v) is 14.6. The van der Waals surface area contributed by atoms with E-state index in [0.717, 1.165) is 23.6 Å². The van der Waals surface area contributed by atoms with E-state index in [1.807, 2.05) is 0 Å². The molecule has 1 saturated carbocycles. The maximum atomic E-state index is 13.2. The number of nitrogens with one attached hydrogen (secondary N) is 2. The van der Waals surface area contributed by atoms with Crippen molar-refractivity contribution in [3.8, 4) is 11.8 Å². The molecule has 3 aromatic rings. The first-order chi connectivity index (χ1) is 13.1. The number of carbonyl (C=O) groups excluding carboxylic acids is 1. The van der Waals surface area contributed by atoms with Gasteiger partial charge in [-0.05, 0) is 25.0 Å². The molecule has 134 valence electrons. The first-order valence-electron chi connectivity index (χ1n) is 8.55. The van der Waals surface area contributed by atoms with E-state index < -0.39 is 5.95 Å². The van der Waals surface area contributed by atoms with Gasteiger partial charge in [0, 0.05) is 54.0 Å². The quantitative estimate of drug-likeness (QED) is 0.554. The maximum Gasteiger partial charge on any atom is 0.228 e. The third kappa shape index (κ3) is 3.70. The SMILES string of the molecule is CNc1ncc(C#Cc2ccnc(F)c2)c2cc(NC(=O)C3CC3)ncc12. The Labute approximate surface area is 155 Å². The van der Waals surface area contributed by atoms with Crippen molar-refractivity contribution in [2.45, 2.75) is 12.8 Å². The highest BCUT2D eigenvalue weighted by atomic mass is 19.1. The number of fused-ring (bicyclic) bond motifs is 1. The van der Waals surface area contributed by atoms with E-state index in [9.17, 15) is 9.18 Å². The van der Waals surface area contributed by atoms with Gasteiger partial charge in [0.25, 0.3) is 0 Å². The van der Waals surface area contributed by atoms with Crippen LogP contribution in [0.2, 0.25) is 0 Å². The van der Waals surface area contributed by atoms with Crippen LogP contribution in [0.15, 0.2) is 36.8 Å². The van der Waals surface area contributed by atoms with Gasteiger partial charge in [0.2, 0.25) is 11.9 Å². The molecule has 1 fully saturated rings. The predicted molar refractivity (Wildman–Crippen MR) is 101 cm³/mol. The average Bonchev–Trinajstić information content (AvgIpc) is 3.51. The van der Waals surface area contributed by atoms with Gasteiger partial charge in [-0.25, -0.2) is 15.0 Å². The summed E-state index contributed by atoms with van der Waals surface area (Å²) in [4.78, 5) is 24.2. The lowest BCUT2D eigenvalue weighted by Gasteiger charge is -2.09. The second kappa shape index (κ2) is 7.00. The van der Waals surface area contributed by atoms with Crippen molar-refractivity contribution < 1.29 is 9.18 Å². The molecule has 3 heterocycles. The van der Waals surface area contributed by atoms with Gasteiger partial charge in [-0.3, -0.25) is 4.79 Å². The maximum absolute atomic E-state index is 13.2. The third-order valence-corrected chi connectivity index (χ3v) is 4.28. The minimum Gasteiger partial charge on any atom is -0.373 e. The molecule has 0 spiro atoms. The lowest BCUT2D eigenvalue weighted by atomic mass is 10.1. The molecule has 4 rings (SSSR count). The van der Waals surface area contributed by atoms with Crippen LogP contribution in [-0.2, 0) is 4.79 Å². The van der Waals surface area contributed by atoms with Gasteiger partial charge >= 0.3 is 0 Å². The number of aromatic nitrogens is 3. The Morgan fingerprint density at radius 3 is 2.74 bits per heavy atom. The second-order valence-corrected chi connectivity index (χ2v) is 6.27. The number of hydrogen-bond acceptors (Lipinski definition) is 5. The van der Waals surface area contributed by atoms with Gasteiger partial charge in [-0.15, -0.1) is 0 Å². The van der Waals surface area contributed by atoms with Crippen LogP contribution in [-0.4, -0.2) is 27.9 Å². The van der Waals surface area contributed by atoms with E-state index >= 15 is 0 Å². The molecule has 2 N–H and O–H groups in total. The second-order valence-electron chi connectivity index (χ2n) is 6.27. The molecule has 1 aliphatic carbocycles. The molecule has 0 unspecified atom stereocenters. The lowest BCUT2D eigenvalue weighted by molar-refractivity contribution is -0.117. The number of rotatable bonds is 3. The molecule has 0 bridgehead atoms. The number of carbonyl (C=O) groups is 1. The van der Waals surface area contributed by atoms with E-state index in [2.05, 4.69) is 37.4 Å². The molecule has 7 heteroatoms. The van der Waals surface area contributed by atoms with E-state index in [4.69, 9.17) is 0 Å². The summed E-state index contributed by atoms with van der Waals surface area (Å²) in [5.74, 6) is 6.59. The highest BCUT2D eigenvalue weighted by molar-refractivity contribution is 5.99. The summed E-state index contributed by atoms with van der Waals surface area (Å²) in [5.41, 5.74) is 1.18. The summed E-state index contributed by atoms with van der Waals surface area (Å²) >= 11 is 0. The Kier molecular flexibility index (Phi) is 4.38. The number of halogens is 1. The molecule has 3 aromatic heterocycles. The Bertz CT molecular complexity index is 1100. The van der Waals surface area contributed by atoms with Crippen LogP contribution in [0.5, 0.6) is 0 Å². The van der Waals surface area contributed by atoms with Crippen LogP contribution in [0.4, 0.5) is 16.0 Å². The van der Waals surface area contributed by atoms with Crippen molar-refractivity contribution in [1.82, 2.24) is 15.0 Å². The topological polar surface area (TPSA) is 79.8 Å². The zero-order valence-electron chi connectivity index (χ0n) is 14.6. The molecule has 0 atom stereocenters. The fraction of sp³-hybridized carbons (Fsp3) is 0.200. The molecular formula is C20H16FN5O. The van der Waals surface area contributed by atoms with Crippen molar-refractivity contribution in [2.75, 3.05) is 17.7 Å². The van der Waals surface area contributed by atoms with Crippen LogP contribution in [0.3, 0.4) is 0 Å². The van der Waals surface area contributed by atoms with E-state index in [1.165, 1.54) is 12.3 Å². The number of anilines is 2. The molecule has 1 aliphatic rings.